The molecular weight excluding hydrogens is 881 g/mol. The predicted molar refractivity (Wildman–Crippen MR) is 242 cm³/mol. The molecule has 356 valence electrons. The summed E-state index contributed by atoms with van der Waals surface area (Å²) in [6.07, 6.45) is 6.47. The van der Waals surface area contributed by atoms with Crippen LogP contribution in [0.25, 0.3) is 5.65 Å². The number of rotatable bonds is 16. The van der Waals surface area contributed by atoms with Gasteiger partial charge in [-0.2, -0.15) is 10.2 Å². The molecule has 4 fully saturated rings. The highest BCUT2D eigenvalue weighted by Crippen LogP contribution is 2.37. The average molecular weight is 934 g/mol. The Hall–Kier alpha value is -6.64. The molecule has 1 unspecified atom stereocenters. The first kappa shape index (κ1) is 45.2. The third kappa shape index (κ3) is 9.06. The van der Waals surface area contributed by atoms with Crippen LogP contribution in [0.2, 0.25) is 0 Å². The van der Waals surface area contributed by atoms with E-state index in [0.717, 1.165) is 86.7 Å². The molecule has 3 aromatic heterocycles. The van der Waals surface area contributed by atoms with Crippen LogP contribution < -0.4 is 20.3 Å². The predicted octanol–water partition coefficient (Wildman–Crippen LogP) is 4.87. The Kier molecular flexibility index (Phi) is 12.5. The van der Waals surface area contributed by atoms with Gasteiger partial charge in [0.1, 0.15) is 29.8 Å². The summed E-state index contributed by atoms with van der Waals surface area (Å²) in [6.45, 7) is 4.89. The van der Waals surface area contributed by atoms with E-state index in [-0.39, 0.29) is 65.8 Å². The molecule has 1 aliphatic carbocycles. The van der Waals surface area contributed by atoms with E-state index in [1.165, 1.54) is 23.0 Å². The first-order valence-electron chi connectivity index (χ1n) is 23.2. The summed E-state index contributed by atoms with van der Waals surface area (Å²) in [7, 11) is 4.20. The number of carbonyl (C=O) groups is 5. The third-order valence-electron chi connectivity index (χ3n) is 13.9. The van der Waals surface area contributed by atoms with Gasteiger partial charge in [0.2, 0.25) is 11.8 Å². The lowest BCUT2D eigenvalue weighted by Crippen LogP contribution is -2.54. The molecule has 2 aromatic carbocycles. The Bertz CT molecular complexity index is 2750. The van der Waals surface area contributed by atoms with Crippen molar-refractivity contribution in [2.45, 2.75) is 88.8 Å². The number of halogens is 2. The lowest BCUT2D eigenvalue weighted by Gasteiger charge is -2.32. The molecule has 18 nitrogen and oxygen atoms in total. The fourth-order valence-corrected chi connectivity index (χ4v) is 10.3. The molecule has 3 saturated heterocycles. The largest absolute Gasteiger partial charge is 0.488 e. The van der Waals surface area contributed by atoms with E-state index in [0.29, 0.717) is 18.2 Å². The van der Waals surface area contributed by atoms with Crippen molar-refractivity contribution in [3.8, 4) is 5.75 Å². The van der Waals surface area contributed by atoms with Crippen LogP contribution in [0.3, 0.4) is 0 Å². The maximum Gasteiger partial charge on any atom is 0.284 e. The molecule has 68 heavy (non-hydrogen) atoms. The van der Waals surface area contributed by atoms with Gasteiger partial charge in [0, 0.05) is 51.5 Å². The van der Waals surface area contributed by atoms with Crippen LogP contribution in [0.5, 0.6) is 5.75 Å². The van der Waals surface area contributed by atoms with Gasteiger partial charge in [-0.3, -0.25) is 38.9 Å². The number of amides is 5. The number of hydrogen-bond acceptors (Lipinski definition) is 13. The van der Waals surface area contributed by atoms with Gasteiger partial charge in [-0.15, -0.1) is 0 Å². The number of morpholine rings is 1. The number of carbonyl (C=O) groups excluding carboxylic acids is 5. The van der Waals surface area contributed by atoms with Crippen molar-refractivity contribution in [3.63, 3.8) is 0 Å². The molecule has 2 N–H and O–H groups in total. The lowest BCUT2D eigenvalue weighted by atomic mass is 9.86. The zero-order chi connectivity index (χ0) is 47.2. The molecule has 5 aromatic rings. The number of ether oxygens (including phenoxy) is 2. The highest BCUT2D eigenvalue weighted by Gasteiger charge is 2.46. The van der Waals surface area contributed by atoms with Gasteiger partial charge in [0.05, 0.1) is 47.8 Å². The van der Waals surface area contributed by atoms with E-state index in [1.807, 2.05) is 30.3 Å². The SMILES string of the molecule is CN(CCN(C)C[C@H]1CC[C@H](n2cc(NC(=O)c3cnn4ccc(N5C[C@H]6C[C@@H]5CO6)nc34)c(C(F)F)n2)CC1)Cc1ccc(COc2cccc3c2C(=O)N(C2CCC(=O)NC2=O)C3=O)cc1. The van der Waals surface area contributed by atoms with Gasteiger partial charge >= 0.3 is 0 Å². The fraction of sp³-hybridized carbons (Fsp3) is 0.458. The number of nitrogens with zero attached hydrogens (tertiary/aromatic N) is 9. The first-order chi connectivity index (χ1) is 32.9. The van der Waals surface area contributed by atoms with Crippen LogP contribution in [0, 0.1) is 5.92 Å². The molecular formula is C48H53F2N11O7. The number of benzene rings is 2. The number of likely N-dealkylation sites (N-methyl/N-ethyl adjacent to an activating group) is 2. The number of anilines is 2. The van der Waals surface area contributed by atoms with Crippen LogP contribution in [0.4, 0.5) is 20.3 Å². The van der Waals surface area contributed by atoms with Gasteiger partial charge in [0.25, 0.3) is 24.1 Å². The number of imide groups is 2. The van der Waals surface area contributed by atoms with E-state index in [4.69, 9.17) is 14.5 Å². The maximum absolute atomic E-state index is 14.3. The second kappa shape index (κ2) is 18.8. The Labute approximate surface area is 390 Å². The van der Waals surface area contributed by atoms with E-state index >= 15 is 0 Å². The van der Waals surface area contributed by atoms with Crippen molar-refractivity contribution in [1.82, 2.24) is 44.4 Å². The number of hydrogen-bond donors (Lipinski definition) is 2. The van der Waals surface area contributed by atoms with Crippen LogP contribution >= 0.6 is 0 Å². The van der Waals surface area contributed by atoms with Crippen LogP contribution in [-0.2, 0) is 27.5 Å². The Morgan fingerprint density at radius 3 is 2.47 bits per heavy atom. The minimum absolute atomic E-state index is 0.0162. The molecule has 5 amide bonds. The highest BCUT2D eigenvalue weighted by molar-refractivity contribution is 6.24. The van der Waals surface area contributed by atoms with E-state index < -0.39 is 47.7 Å². The van der Waals surface area contributed by atoms with Gasteiger partial charge in [-0.25, -0.2) is 18.3 Å². The van der Waals surface area contributed by atoms with Crippen LogP contribution in [0.1, 0.15) is 105 Å². The zero-order valence-electron chi connectivity index (χ0n) is 37.9. The monoisotopic (exact) mass is 933 g/mol. The quantitative estimate of drug-likeness (QED) is 0.128. The molecule has 20 heteroatoms. The van der Waals surface area contributed by atoms with E-state index in [2.05, 4.69) is 49.6 Å². The molecule has 0 spiro atoms. The fourth-order valence-electron chi connectivity index (χ4n) is 10.3. The Morgan fingerprint density at radius 2 is 1.74 bits per heavy atom. The molecule has 7 heterocycles. The number of piperidine rings is 1. The minimum atomic E-state index is -2.87. The number of aromatic nitrogens is 5. The molecule has 4 aliphatic heterocycles. The topological polar surface area (TPSA) is 189 Å². The summed E-state index contributed by atoms with van der Waals surface area (Å²) in [5.41, 5.74) is 2.34. The number of fused-ring (bicyclic) bond motifs is 4. The van der Waals surface area contributed by atoms with Crippen molar-refractivity contribution in [1.29, 1.82) is 0 Å². The summed E-state index contributed by atoms with van der Waals surface area (Å²) in [5, 5.41) is 13.5. The molecule has 1 saturated carbocycles. The Balaban J connectivity index is 0.670. The molecule has 0 radical (unpaired) electrons. The smallest absolute Gasteiger partial charge is 0.284 e. The average Bonchev–Trinajstić information content (AvgIpc) is 4.18. The van der Waals surface area contributed by atoms with Crippen molar-refractivity contribution in [3.05, 3.63) is 101 Å². The molecule has 10 rings (SSSR count). The van der Waals surface area contributed by atoms with Gasteiger partial charge in [-0.05, 0) is 87.9 Å². The third-order valence-corrected chi connectivity index (χ3v) is 13.9. The molecule has 2 bridgehead atoms. The maximum atomic E-state index is 14.3. The standard InChI is InChI=1S/C48H53F2N11O7/c1-56(22-28-6-8-30(9-7-28)26-68-38-5-3-4-34-41(38)48(66)61(47(34)65)37-14-15-40(62)54-46(37)64)18-19-57(2)23-29-10-12-31(13-11-29)60-25-36(42(55-60)43(49)50)52-45(63)35-21-51-59-17-16-39(53-44(35)59)58-24-33-20-32(58)27-67-33/h3-9,16-17,21,25,29,31-33,37,43H,10-15,18-20,22-24,26-27H2,1-2H3,(H,52,63)(H,54,62,64)/t29-,31-,32-,33-,37?/m1/s1. The van der Waals surface area contributed by atoms with Crippen LogP contribution in [-0.4, -0.2) is 134 Å². The second-order valence-corrected chi connectivity index (χ2v) is 18.7. The zero-order valence-corrected chi connectivity index (χ0v) is 37.9. The van der Waals surface area contributed by atoms with Gasteiger partial charge in [0.15, 0.2) is 11.3 Å². The first-order valence-corrected chi connectivity index (χ1v) is 23.2. The van der Waals surface area contributed by atoms with Gasteiger partial charge in [-0.1, -0.05) is 30.3 Å². The van der Waals surface area contributed by atoms with Gasteiger partial charge < -0.3 is 29.5 Å². The van der Waals surface area contributed by atoms with E-state index in [9.17, 15) is 32.8 Å². The number of alkyl halides is 2. The van der Waals surface area contributed by atoms with Crippen molar-refractivity contribution in [2.24, 2.45) is 5.92 Å². The highest BCUT2D eigenvalue weighted by atomic mass is 19.3. The summed E-state index contributed by atoms with van der Waals surface area (Å²) in [6, 6.07) is 13.8. The van der Waals surface area contributed by atoms with Crippen molar-refractivity contribution in [2.75, 3.05) is 57.1 Å². The molecule has 5 aliphatic rings. The minimum Gasteiger partial charge on any atom is -0.488 e. The van der Waals surface area contributed by atoms with Crippen LogP contribution in [0.15, 0.2) is 67.1 Å². The lowest BCUT2D eigenvalue weighted by molar-refractivity contribution is -0.136. The summed E-state index contributed by atoms with van der Waals surface area (Å²) < 4.78 is 43.5. The summed E-state index contributed by atoms with van der Waals surface area (Å²) >= 11 is 0. The Morgan fingerprint density at radius 1 is 0.956 bits per heavy atom. The summed E-state index contributed by atoms with van der Waals surface area (Å²) in [4.78, 5) is 76.7. The number of nitrogens with one attached hydrogen (secondary N) is 2. The van der Waals surface area contributed by atoms with E-state index in [1.54, 1.807) is 23.0 Å². The molecule has 3 atom stereocenters. The normalized spacial score (nSPS) is 22.6. The summed E-state index contributed by atoms with van der Waals surface area (Å²) in [5.74, 6) is -1.43. The second-order valence-electron chi connectivity index (χ2n) is 18.7. The van der Waals surface area contributed by atoms with Crippen molar-refractivity contribution >= 4 is 46.7 Å². The van der Waals surface area contributed by atoms with Crippen molar-refractivity contribution < 1.29 is 42.2 Å².